The van der Waals surface area contributed by atoms with E-state index in [1.807, 2.05) is 26.8 Å². The van der Waals surface area contributed by atoms with Gasteiger partial charge in [-0.2, -0.15) is 0 Å². The smallest absolute Gasteiger partial charge is 0.305 e. The maximum absolute atomic E-state index is 13.3. The Balaban J connectivity index is 1.79. The molecule has 3 aromatic rings. The first kappa shape index (κ1) is 24.7. The van der Waals surface area contributed by atoms with Crippen molar-refractivity contribution in [3.8, 4) is 17.0 Å². The molecule has 1 aliphatic rings. The molecule has 1 amide bonds. The summed E-state index contributed by atoms with van der Waals surface area (Å²) in [6.07, 6.45) is -0.399. The molecule has 2 atom stereocenters. The van der Waals surface area contributed by atoms with E-state index < -0.39 is 33.8 Å². The number of amides is 1. The van der Waals surface area contributed by atoms with Gasteiger partial charge in [-0.05, 0) is 42.2 Å². The maximum atomic E-state index is 13.3. The largest absolute Gasteiger partial charge is 0.508 e. The average molecular weight is 514 g/mol. The molecular formula is C24H23N3O6S2. The Labute approximate surface area is 209 Å². The molecule has 9 nitrogen and oxygen atoms in total. The van der Waals surface area contributed by atoms with Gasteiger partial charge in [-0.25, -0.2) is 4.98 Å². The zero-order chi connectivity index (χ0) is 25.4. The number of carboxylic acids is 1. The molecule has 35 heavy (non-hydrogen) atoms. The van der Waals surface area contributed by atoms with Crippen molar-refractivity contribution in [2.45, 2.75) is 43.7 Å². The van der Waals surface area contributed by atoms with Crippen LogP contribution < -0.4 is 4.90 Å². The van der Waals surface area contributed by atoms with Crippen molar-refractivity contribution in [3.05, 3.63) is 68.6 Å². The van der Waals surface area contributed by atoms with Gasteiger partial charge in [0.15, 0.2) is 5.13 Å². The summed E-state index contributed by atoms with van der Waals surface area (Å²) in [5.41, 5.74) is 3.15. The van der Waals surface area contributed by atoms with Crippen molar-refractivity contribution in [1.29, 1.82) is 0 Å². The monoisotopic (exact) mass is 513 g/mol. The fraction of sp³-hybridized carbons (Fsp3) is 0.292. The fourth-order valence-electron chi connectivity index (χ4n) is 4.06. The van der Waals surface area contributed by atoms with Crippen LogP contribution in [-0.2, 0) is 9.59 Å². The van der Waals surface area contributed by atoms with Gasteiger partial charge in [0.2, 0.25) is 5.91 Å². The third-order valence-electron chi connectivity index (χ3n) is 5.77. The fourth-order valence-corrected chi connectivity index (χ4v) is 6.43. The minimum atomic E-state index is -1.13. The van der Waals surface area contributed by atoms with E-state index in [9.17, 15) is 29.9 Å². The molecule has 0 radical (unpaired) electrons. The van der Waals surface area contributed by atoms with Crippen molar-refractivity contribution in [3.63, 3.8) is 0 Å². The number of hydrogen-bond acceptors (Lipinski definition) is 8. The minimum absolute atomic E-state index is 0.0869. The van der Waals surface area contributed by atoms with E-state index in [4.69, 9.17) is 0 Å². The Kier molecular flexibility index (Phi) is 6.82. The number of rotatable bonds is 7. The second-order valence-corrected chi connectivity index (χ2v) is 10.6. The molecule has 182 valence electrons. The molecule has 2 unspecified atom stereocenters. The number of thiazole rings is 1. The Hall–Kier alpha value is -3.44. The molecule has 0 aliphatic carbocycles. The van der Waals surface area contributed by atoms with Crippen LogP contribution in [0.4, 0.5) is 10.8 Å². The number of carboxylic acid groups (broad SMARTS) is 1. The summed E-state index contributed by atoms with van der Waals surface area (Å²) in [6.45, 7) is 5.80. The Morgan fingerprint density at radius 2 is 2.00 bits per heavy atom. The van der Waals surface area contributed by atoms with Gasteiger partial charge < -0.3 is 10.2 Å². The van der Waals surface area contributed by atoms with E-state index in [2.05, 4.69) is 4.98 Å². The molecule has 2 aromatic carbocycles. The number of benzene rings is 2. The third-order valence-corrected chi connectivity index (χ3v) is 8.03. The van der Waals surface area contributed by atoms with Crippen LogP contribution in [0.1, 0.15) is 48.3 Å². The van der Waals surface area contributed by atoms with Crippen LogP contribution in [-0.4, -0.2) is 37.2 Å². The maximum Gasteiger partial charge on any atom is 0.305 e. The van der Waals surface area contributed by atoms with Crippen molar-refractivity contribution in [2.24, 2.45) is 0 Å². The number of hydrogen-bond donors (Lipinski definition) is 2. The molecule has 2 N–H and O–H groups in total. The molecule has 1 aliphatic heterocycles. The number of nitro groups is 1. The first-order valence-electron chi connectivity index (χ1n) is 10.8. The van der Waals surface area contributed by atoms with Crippen LogP contribution >= 0.6 is 23.1 Å². The first-order chi connectivity index (χ1) is 16.6. The molecule has 1 fully saturated rings. The second kappa shape index (κ2) is 9.67. The van der Waals surface area contributed by atoms with Gasteiger partial charge in [-0.15, -0.1) is 23.1 Å². The standard InChI is InChI=1S/C24H23N3O6S2/c1-12(2)15-9-16(13(3)8-19(15)28)17-11-34-24(25-17)26-22(31)20(10-21(29)30)35-23(26)14-6-4-5-7-18(14)27(32)33/h4-9,11-12,20,23,28H,10H2,1-3H3,(H,29,30). The Morgan fingerprint density at radius 1 is 1.29 bits per heavy atom. The van der Waals surface area contributed by atoms with Crippen LogP contribution in [0.5, 0.6) is 5.75 Å². The molecule has 0 spiro atoms. The Morgan fingerprint density at radius 3 is 2.66 bits per heavy atom. The van der Waals surface area contributed by atoms with E-state index in [1.165, 1.54) is 22.3 Å². The van der Waals surface area contributed by atoms with Gasteiger partial charge in [0, 0.05) is 17.0 Å². The van der Waals surface area contributed by atoms with E-state index in [1.54, 1.807) is 29.6 Å². The number of nitro benzene ring substituents is 1. The van der Waals surface area contributed by atoms with Crippen molar-refractivity contribution >= 4 is 45.8 Å². The number of para-hydroxylation sites is 1. The molecule has 11 heteroatoms. The number of aryl methyl sites for hydroxylation is 1. The van der Waals surface area contributed by atoms with Gasteiger partial charge in [0.25, 0.3) is 5.69 Å². The van der Waals surface area contributed by atoms with Gasteiger partial charge >= 0.3 is 5.97 Å². The highest BCUT2D eigenvalue weighted by Crippen LogP contribution is 2.50. The molecular weight excluding hydrogens is 490 g/mol. The summed E-state index contributed by atoms with van der Waals surface area (Å²) in [5.74, 6) is -1.29. The average Bonchev–Trinajstić information content (AvgIpc) is 3.38. The van der Waals surface area contributed by atoms with Crippen molar-refractivity contribution in [2.75, 3.05) is 4.90 Å². The quantitative estimate of drug-likeness (QED) is 0.313. The van der Waals surface area contributed by atoms with Crippen LogP contribution in [0.15, 0.2) is 41.8 Å². The van der Waals surface area contributed by atoms with Gasteiger partial charge in [0.1, 0.15) is 11.1 Å². The molecule has 0 bridgehead atoms. The lowest BCUT2D eigenvalue weighted by Crippen LogP contribution is -2.32. The number of aliphatic carboxylic acids is 1. The number of phenolic OH excluding ortho intramolecular Hbond substituents is 1. The second-order valence-electron chi connectivity index (χ2n) is 8.50. The number of aromatic nitrogens is 1. The summed E-state index contributed by atoms with van der Waals surface area (Å²) in [6, 6.07) is 9.69. The van der Waals surface area contributed by atoms with Gasteiger partial charge in [-0.1, -0.05) is 26.0 Å². The number of carbonyl (C=O) groups excluding carboxylic acids is 1. The molecule has 0 saturated carbocycles. The molecule has 4 rings (SSSR count). The lowest BCUT2D eigenvalue weighted by atomic mass is 9.95. The highest BCUT2D eigenvalue weighted by molar-refractivity contribution is 8.01. The van der Waals surface area contributed by atoms with Crippen LogP contribution in [0, 0.1) is 17.0 Å². The predicted molar refractivity (Wildman–Crippen MR) is 135 cm³/mol. The lowest BCUT2D eigenvalue weighted by Gasteiger charge is -2.21. The number of nitrogens with zero attached hydrogens (tertiary/aromatic N) is 3. The number of aromatic hydroxyl groups is 1. The van der Waals surface area contributed by atoms with Crippen LogP contribution in [0.3, 0.4) is 0 Å². The van der Waals surface area contributed by atoms with E-state index >= 15 is 0 Å². The summed E-state index contributed by atoms with van der Waals surface area (Å²) in [5, 5.41) is 31.7. The number of phenols is 1. The summed E-state index contributed by atoms with van der Waals surface area (Å²) in [7, 11) is 0. The zero-order valence-electron chi connectivity index (χ0n) is 19.2. The van der Waals surface area contributed by atoms with Gasteiger partial charge in [0.05, 0.1) is 27.9 Å². The molecule has 1 saturated heterocycles. The number of thioether (sulfide) groups is 1. The van der Waals surface area contributed by atoms with Gasteiger partial charge in [-0.3, -0.25) is 24.6 Å². The summed E-state index contributed by atoms with van der Waals surface area (Å²) in [4.78, 5) is 41.9. The Bertz CT molecular complexity index is 1320. The van der Waals surface area contributed by atoms with E-state index in [0.29, 0.717) is 16.4 Å². The van der Waals surface area contributed by atoms with E-state index in [0.717, 1.165) is 28.5 Å². The highest BCUT2D eigenvalue weighted by Gasteiger charge is 2.46. The zero-order valence-corrected chi connectivity index (χ0v) is 20.8. The predicted octanol–water partition coefficient (Wildman–Crippen LogP) is 5.48. The van der Waals surface area contributed by atoms with E-state index in [-0.39, 0.29) is 17.4 Å². The third kappa shape index (κ3) is 4.73. The van der Waals surface area contributed by atoms with Crippen molar-refractivity contribution in [1.82, 2.24) is 4.98 Å². The minimum Gasteiger partial charge on any atom is -0.508 e. The topological polar surface area (TPSA) is 134 Å². The first-order valence-corrected chi connectivity index (χ1v) is 12.6. The SMILES string of the molecule is Cc1cc(O)c(C(C)C)cc1-c1csc(N2C(=O)C(CC(=O)O)SC2c2ccccc2[N+](=O)[O-])n1. The molecule has 1 aromatic heterocycles. The number of anilines is 1. The molecule has 2 heterocycles. The van der Waals surface area contributed by atoms with Crippen LogP contribution in [0.2, 0.25) is 0 Å². The summed E-state index contributed by atoms with van der Waals surface area (Å²) < 4.78 is 0. The lowest BCUT2D eigenvalue weighted by molar-refractivity contribution is -0.385. The number of carbonyl (C=O) groups is 2. The highest BCUT2D eigenvalue weighted by atomic mass is 32.2. The van der Waals surface area contributed by atoms with Crippen molar-refractivity contribution < 1.29 is 24.7 Å². The van der Waals surface area contributed by atoms with Crippen LogP contribution in [0.25, 0.3) is 11.3 Å². The summed E-state index contributed by atoms with van der Waals surface area (Å²) >= 11 is 2.28. The normalized spacial score (nSPS) is 17.8.